The van der Waals surface area contributed by atoms with Gasteiger partial charge in [0.25, 0.3) is 0 Å². The first-order valence-corrected chi connectivity index (χ1v) is 2.95. The number of ether oxygens (including phenoxy) is 2. The molecule has 1 saturated heterocycles. The lowest BCUT2D eigenvalue weighted by molar-refractivity contribution is -0.201. The van der Waals surface area contributed by atoms with Crippen molar-refractivity contribution in [3.8, 4) is 0 Å². The minimum Gasteiger partial charge on any atom is -0.398 e. The molecule has 4 nitrogen and oxygen atoms in total. The molecule has 0 spiro atoms. The summed E-state index contributed by atoms with van der Waals surface area (Å²) < 4.78 is 9.48. The smallest absolute Gasteiger partial charge is 0.398 e. The highest BCUT2D eigenvalue weighted by molar-refractivity contribution is 5.93. The van der Waals surface area contributed by atoms with E-state index in [0.29, 0.717) is 0 Å². The van der Waals surface area contributed by atoms with Crippen molar-refractivity contribution in [3.05, 3.63) is 0 Å². The van der Waals surface area contributed by atoms with Gasteiger partial charge in [0.15, 0.2) is 6.42 Å². The SMILES string of the molecule is CC1(C)OC(=O)CC(=[OH+])O1. The first-order valence-electron chi connectivity index (χ1n) is 2.95. The molecule has 0 aromatic carbocycles. The van der Waals surface area contributed by atoms with Gasteiger partial charge in [-0.1, -0.05) is 0 Å². The van der Waals surface area contributed by atoms with E-state index in [-0.39, 0.29) is 12.4 Å². The van der Waals surface area contributed by atoms with Crippen LogP contribution in [0.2, 0.25) is 0 Å². The van der Waals surface area contributed by atoms with Crippen molar-refractivity contribution in [3.63, 3.8) is 0 Å². The molecule has 56 valence electrons. The lowest BCUT2D eigenvalue weighted by Crippen LogP contribution is -2.40. The lowest BCUT2D eigenvalue weighted by Gasteiger charge is -2.20. The molecular weight excluding hydrogens is 136 g/mol. The minimum atomic E-state index is -1.01. The molecule has 0 saturated carbocycles. The summed E-state index contributed by atoms with van der Waals surface area (Å²) in [7, 11) is 0. The van der Waals surface area contributed by atoms with E-state index in [1.54, 1.807) is 13.8 Å². The number of carbonyl (C=O) groups excluding carboxylic acids is 2. The van der Waals surface area contributed by atoms with E-state index in [4.69, 9.17) is 14.3 Å². The van der Waals surface area contributed by atoms with Gasteiger partial charge in [-0.25, -0.2) is 0 Å². The Bertz CT molecular complexity index is 164. The quantitative estimate of drug-likeness (QED) is 0.277. The summed E-state index contributed by atoms with van der Waals surface area (Å²) in [5.41, 5.74) is 0. The molecule has 0 amide bonds. The number of hydrogen-bond donors (Lipinski definition) is 0. The van der Waals surface area contributed by atoms with Gasteiger partial charge in [0.1, 0.15) is 0 Å². The highest BCUT2D eigenvalue weighted by Gasteiger charge is 2.42. The molecule has 10 heavy (non-hydrogen) atoms. The third kappa shape index (κ3) is 1.46. The van der Waals surface area contributed by atoms with Crippen LogP contribution in [0.15, 0.2) is 0 Å². The molecule has 4 heteroatoms. The second-order valence-electron chi connectivity index (χ2n) is 2.55. The van der Waals surface area contributed by atoms with Crippen LogP contribution in [0.1, 0.15) is 20.3 Å². The van der Waals surface area contributed by atoms with Crippen molar-refractivity contribution >= 4 is 11.9 Å². The Balaban J connectivity index is 2.68. The average molecular weight is 145 g/mol. The van der Waals surface area contributed by atoms with Gasteiger partial charge >= 0.3 is 17.7 Å². The van der Waals surface area contributed by atoms with E-state index in [0.717, 1.165) is 0 Å². The maximum Gasteiger partial charge on any atom is 0.497 e. The Morgan fingerprint density at radius 3 is 2.50 bits per heavy atom. The van der Waals surface area contributed by atoms with Crippen LogP contribution in [-0.4, -0.2) is 22.5 Å². The molecule has 1 N–H and O–H groups in total. The molecule has 0 aromatic rings. The van der Waals surface area contributed by atoms with Crippen molar-refractivity contribution in [2.24, 2.45) is 0 Å². The molecule has 1 fully saturated rings. The van der Waals surface area contributed by atoms with Crippen LogP contribution in [0.3, 0.4) is 0 Å². The number of hydrogen-bond acceptors (Lipinski definition) is 3. The Hall–Kier alpha value is -1.06. The predicted octanol–water partition coefficient (Wildman–Crippen LogP) is 0.188. The topological polar surface area (TPSA) is 56.9 Å². The number of carbonyl (C=O) groups is 1. The van der Waals surface area contributed by atoms with E-state index >= 15 is 0 Å². The van der Waals surface area contributed by atoms with Crippen molar-refractivity contribution in [2.45, 2.75) is 26.1 Å². The van der Waals surface area contributed by atoms with Crippen molar-refractivity contribution in [1.29, 1.82) is 0 Å². The number of cyclic esters (lactones) is 2. The lowest BCUT2D eigenvalue weighted by atomic mass is 10.3. The Morgan fingerprint density at radius 2 is 2.10 bits per heavy atom. The van der Waals surface area contributed by atoms with Crippen molar-refractivity contribution in [1.82, 2.24) is 0 Å². The maximum atomic E-state index is 10.6. The average Bonchev–Trinajstić information content (AvgIpc) is 1.54. The molecule has 0 radical (unpaired) electrons. The van der Waals surface area contributed by atoms with Gasteiger partial charge < -0.3 is 9.53 Å². The van der Waals surface area contributed by atoms with Gasteiger partial charge in [0.05, 0.1) is 0 Å². The fraction of sp³-hybridized carbons (Fsp3) is 0.667. The predicted molar refractivity (Wildman–Crippen MR) is 32.8 cm³/mol. The van der Waals surface area contributed by atoms with Gasteiger partial charge in [0.2, 0.25) is 0 Å². The zero-order valence-electron chi connectivity index (χ0n) is 5.88. The number of rotatable bonds is 0. The monoisotopic (exact) mass is 145 g/mol. The minimum absolute atomic E-state index is 0.163. The van der Waals surface area contributed by atoms with Crippen LogP contribution >= 0.6 is 0 Å². The first kappa shape index (κ1) is 7.05. The first-order chi connectivity index (χ1) is 4.49. The zero-order valence-corrected chi connectivity index (χ0v) is 5.88. The molecule has 0 bridgehead atoms. The summed E-state index contributed by atoms with van der Waals surface area (Å²) in [6.45, 7) is 3.11. The maximum absolute atomic E-state index is 10.6. The summed E-state index contributed by atoms with van der Waals surface area (Å²) in [6, 6.07) is 0. The summed E-state index contributed by atoms with van der Waals surface area (Å²) in [4.78, 5) is 19.4. The highest BCUT2D eigenvalue weighted by atomic mass is 16.7. The molecule has 1 aliphatic rings. The zero-order chi connectivity index (χ0) is 7.78. The van der Waals surface area contributed by atoms with E-state index in [1.165, 1.54) is 0 Å². The van der Waals surface area contributed by atoms with Gasteiger partial charge in [-0.05, 0) is 0 Å². The van der Waals surface area contributed by atoms with Crippen molar-refractivity contribution < 1.29 is 19.1 Å². The molecule has 0 aromatic heterocycles. The van der Waals surface area contributed by atoms with Gasteiger partial charge in [-0.2, -0.15) is 0 Å². The van der Waals surface area contributed by atoms with Crippen LogP contribution < -0.4 is 0 Å². The highest BCUT2D eigenvalue weighted by Crippen LogP contribution is 2.18. The second-order valence-corrected chi connectivity index (χ2v) is 2.55. The third-order valence-electron chi connectivity index (χ3n) is 1.02. The third-order valence-corrected chi connectivity index (χ3v) is 1.02. The summed E-state index contributed by atoms with van der Waals surface area (Å²) >= 11 is 0. The van der Waals surface area contributed by atoms with Gasteiger partial charge in [-0.15, -0.1) is 0 Å². The molecule has 0 unspecified atom stereocenters. The van der Waals surface area contributed by atoms with Gasteiger partial charge in [0, 0.05) is 13.8 Å². The Morgan fingerprint density at radius 1 is 1.50 bits per heavy atom. The fourth-order valence-electron chi connectivity index (χ4n) is 0.774. The van der Waals surface area contributed by atoms with E-state index < -0.39 is 11.8 Å². The summed E-state index contributed by atoms with van der Waals surface area (Å²) in [5.74, 6) is -1.76. The second kappa shape index (κ2) is 1.97. The van der Waals surface area contributed by atoms with Crippen LogP contribution in [0.25, 0.3) is 0 Å². The molecule has 0 aliphatic carbocycles. The van der Waals surface area contributed by atoms with Crippen molar-refractivity contribution in [2.75, 3.05) is 0 Å². The van der Waals surface area contributed by atoms with E-state index in [2.05, 4.69) is 0 Å². The van der Waals surface area contributed by atoms with Gasteiger partial charge in [-0.3, -0.25) is 9.53 Å². The Labute approximate surface area is 58.1 Å². The van der Waals surface area contributed by atoms with E-state index in [1.807, 2.05) is 0 Å². The van der Waals surface area contributed by atoms with Crippen LogP contribution in [-0.2, 0) is 14.3 Å². The molecule has 1 aliphatic heterocycles. The molecule has 1 heterocycles. The van der Waals surface area contributed by atoms with Crippen LogP contribution in [0.5, 0.6) is 0 Å². The summed E-state index contributed by atoms with van der Waals surface area (Å²) in [6.07, 6.45) is -0.163. The Kier molecular flexibility index (Phi) is 1.39. The summed E-state index contributed by atoms with van der Waals surface area (Å²) in [5, 5.41) is 0. The standard InChI is InChI=1S/C6H8O4/c1-6(2)9-4(7)3-5(8)10-6/h3H2,1-2H3/p+1. The van der Waals surface area contributed by atoms with E-state index in [9.17, 15) is 4.79 Å². The van der Waals surface area contributed by atoms with Crippen LogP contribution in [0, 0.1) is 0 Å². The fourth-order valence-corrected chi connectivity index (χ4v) is 0.774. The van der Waals surface area contributed by atoms with Crippen LogP contribution in [0.4, 0.5) is 0 Å². The molecule has 1 rings (SSSR count). The largest absolute Gasteiger partial charge is 0.497 e. The molecule has 0 atom stereocenters. The molecular formula is C6H9O4+. The normalized spacial score (nSPS) is 23.4. The number of esters is 2.